The van der Waals surface area contributed by atoms with Crippen LogP contribution in [0.4, 0.5) is 11.6 Å². The molecule has 0 radical (unpaired) electrons. The first-order valence-corrected chi connectivity index (χ1v) is 8.27. The van der Waals surface area contributed by atoms with Crippen LogP contribution in [-0.4, -0.2) is 29.5 Å². The van der Waals surface area contributed by atoms with E-state index < -0.39 is 16.0 Å². The molecule has 0 bridgehead atoms. The highest BCUT2D eigenvalue weighted by Crippen LogP contribution is 2.19. The van der Waals surface area contributed by atoms with Crippen LogP contribution in [0.2, 0.25) is 0 Å². The monoisotopic (exact) mass is 344 g/mol. The van der Waals surface area contributed by atoms with Crippen LogP contribution in [0, 0.1) is 0 Å². The van der Waals surface area contributed by atoms with Crippen molar-refractivity contribution in [2.75, 3.05) is 5.32 Å². The maximum absolute atomic E-state index is 11.2. The van der Waals surface area contributed by atoms with Gasteiger partial charge in [-0.1, -0.05) is 0 Å². The smallest absolute Gasteiger partial charge is 0.335 e. The van der Waals surface area contributed by atoms with Crippen molar-refractivity contribution in [3.8, 4) is 0 Å². The number of carboxylic acid groups (broad SMARTS) is 1. The number of nitrogens with two attached hydrogens (primary N) is 1. The van der Waals surface area contributed by atoms with Crippen LogP contribution in [0.3, 0.4) is 0 Å². The summed E-state index contributed by atoms with van der Waals surface area (Å²) in [6, 6.07) is 10.4. The standard InChI is InChI=1S/C15H12N4O4S/c16-24(22,23)12-4-2-11(3-5-12)18-15-17-8-10-7-9(14(20)21)1-6-13(10)19-15/h1-8H,(H,20,21)(H2,16,22,23)(H,17,18,19). The first-order chi connectivity index (χ1) is 11.3. The summed E-state index contributed by atoms with van der Waals surface area (Å²) in [4.78, 5) is 19.4. The van der Waals surface area contributed by atoms with Crippen LogP contribution >= 0.6 is 0 Å². The molecule has 9 heteroatoms. The van der Waals surface area contributed by atoms with Gasteiger partial charge in [0.05, 0.1) is 16.0 Å². The lowest BCUT2D eigenvalue weighted by Gasteiger charge is -2.07. The summed E-state index contributed by atoms with van der Waals surface area (Å²) < 4.78 is 22.4. The van der Waals surface area contributed by atoms with Gasteiger partial charge in [-0.2, -0.15) is 0 Å². The van der Waals surface area contributed by atoms with E-state index in [1.165, 1.54) is 30.5 Å². The molecule has 0 spiro atoms. The minimum Gasteiger partial charge on any atom is -0.478 e. The number of carbonyl (C=O) groups is 1. The van der Waals surface area contributed by atoms with Gasteiger partial charge in [0.25, 0.3) is 0 Å². The lowest BCUT2D eigenvalue weighted by atomic mass is 10.1. The molecule has 4 N–H and O–H groups in total. The van der Waals surface area contributed by atoms with Crippen LogP contribution < -0.4 is 10.5 Å². The first-order valence-electron chi connectivity index (χ1n) is 6.73. The molecule has 0 saturated carbocycles. The number of aromatic nitrogens is 2. The van der Waals surface area contributed by atoms with E-state index in [4.69, 9.17) is 10.2 Å². The fourth-order valence-electron chi connectivity index (χ4n) is 2.08. The molecule has 0 atom stereocenters. The molecule has 0 amide bonds. The predicted octanol–water partition coefficient (Wildman–Crippen LogP) is 1.72. The molecular formula is C15H12N4O4S. The fourth-order valence-corrected chi connectivity index (χ4v) is 2.60. The van der Waals surface area contributed by atoms with Gasteiger partial charge in [0.15, 0.2) is 0 Å². The third kappa shape index (κ3) is 3.31. The third-order valence-corrected chi connectivity index (χ3v) is 4.19. The number of fused-ring (bicyclic) bond motifs is 1. The minimum atomic E-state index is -3.74. The Bertz CT molecular complexity index is 1030. The van der Waals surface area contributed by atoms with Gasteiger partial charge in [0.2, 0.25) is 16.0 Å². The summed E-state index contributed by atoms with van der Waals surface area (Å²) in [5.74, 6) is -0.719. The Hall–Kier alpha value is -3.04. The molecule has 0 fully saturated rings. The Labute approximate surface area is 137 Å². The summed E-state index contributed by atoms with van der Waals surface area (Å²) in [5.41, 5.74) is 1.33. The van der Waals surface area contributed by atoms with Crippen molar-refractivity contribution < 1.29 is 18.3 Å². The van der Waals surface area contributed by atoms with Gasteiger partial charge in [0.1, 0.15) is 0 Å². The second-order valence-electron chi connectivity index (χ2n) is 4.97. The number of primary sulfonamides is 1. The molecular weight excluding hydrogens is 332 g/mol. The van der Waals surface area contributed by atoms with E-state index in [-0.39, 0.29) is 10.5 Å². The molecule has 0 aliphatic carbocycles. The average Bonchev–Trinajstić information content (AvgIpc) is 2.54. The summed E-state index contributed by atoms with van der Waals surface area (Å²) in [6.07, 6.45) is 1.51. The summed E-state index contributed by atoms with van der Waals surface area (Å²) >= 11 is 0. The number of nitrogens with zero attached hydrogens (tertiary/aromatic N) is 2. The van der Waals surface area contributed by atoms with Gasteiger partial charge < -0.3 is 10.4 Å². The summed E-state index contributed by atoms with van der Waals surface area (Å²) in [6.45, 7) is 0. The number of hydrogen-bond acceptors (Lipinski definition) is 6. The van der Waals surface area contributed by atoms with E-state index in [2.05, 4.69) is 15.3 Å². The number of carboxylic acids is 1. The summed E-state index contributed by atoms with van der Waals surface area (Å²) in [7, 11) is -3.74. The number of benzene rings is 2. The highest BCUT2D eigenvalue weighted by molar-refractivity contribution is 7.89. The van der Waals surface area contributed by atoms with Crippen LogP contribution in [0.25, 0.3) is 10.9 Å². The highest BCUT2D eigenvalue weighted by Gasteiger charge is 2.08. The number of sulfonamides is 1. The van der Waals surface area contributed by atoms with Gasteiger partial charge in [-0.05, 0) is 42.5 Å². The van der Waals surface area contributed by atoms with Crippen molar-refractivity contribution in [3.63, 3.8) is 0 Å². The third-order valence-electron chi connectivity index (χ3n) is 3.27. The Morgan fingerprint density at radius 3 is 2.46 bits per heavy atom. The van der Waals surface area contributed by atoms with E-state index in [1.807, 2.05) is 0 Å². The van der Waals surface area contributed by atoms with E-state index in [0.717, 1.165) is 0 Å². The van der Waals surface area contributed by atoms with Crippen molar-refractivity contribution in [1.82, 2.24) is 9.97 Å². The second-order valence-corrected chi connectivity index (χ2v) is 6.53. The Morgan fingerprint density at radius 2 is 1.83 bits per heavy atom. The molecule has 0 aliphatic rings. The minimum absolute atomic E-state index is 0.00804. The van der Waals surface area contributed by atoms with Crippen LogP contribution in [-0.2, 0) is 10.0 Å². The molecule has 3 rings (SSSR count). The summed E-state index contributed by atoms with van der Waals surface area (Å²) in [5, 5.41) is 17.5. The molecule has 1 heterocycles. The molecule has 3 aromatic rings. The Balaban J connectivity index is 1.87. The van der Waals surface area contributed by atoms with E-state index in [1.54, 1.807) is 18.2 Å². The quantitative estimate of drug-likeness (QED) is 0.655. The molecule has 0 saturated heterocycles. The zero-order chi connectivity index (χ0) is 17.3. The maximum Gasteiger partial charge on any atom is 0.335 e. The van der Waals surface area contributed by atoms with Gasteiger partial charge >= 0.3 is 5.97 Å². The zero-order valence-electron chi connectivity index (χ0n) is 12.2. The lowest BCUT2D eigenvalue weighted by Crippen LogP contribution is -2.11. The first kappa shape index (κ1) is 15.8. The fraction of sp³-hybridized carbons (Fsp3) is 0. The van der Waals surface area contributed by atoms with Gasteiger partial charge in [-0.25, -0.2) is 28.3 Å². The van der Waals surface area contributed by atoms with Gasteiger partial charge in [-0.3, -0.25) is 0 Å². The molecule has 122 valence electrons. The number of nitrogens with one attached hydrogen (secondary N) is 1. The number of aromatic carboxylic acids is 1. The normalized spacial score (nSPS) is 11.4. The van der Waals surface area contributed by atoms with E-state index in [0.29, 0.717) is 22.5 Å². The zero-order valence-corrected chi connectivity index (χ0v) is 13.0. The van der Waals surface area contributed by atoms with Crippen LogP contribution in [0.1, 0.15) is 10.4 Å². The molecule has 0 unspecified atom stereocenters. The van der Waals surface area contributed by atoms with Crippen molar-refractivity contribution in [2.24, 2.45) is 5.14 Å². The van der Waals surface area contributed by atoms with Crippen molar-refractivity contribution in [1.29, 1.82) is 0 Å². The number of hydrogen-bond donors (Lipinski definition) is 3. The van der Waals surface area contributed by atoms with Crippen molar-refractivity contribution in [2.45, 2.75) is 4.90 Å². The highest BCUT2D eigenvalue weighted by atomic mass is 32.2. The molecule has 2 aromatic carbocycles. The average molecular weight is 344 g/mol. The van der Waals surface area contributed by atoms with Crippen LogP contribution in [0.15, 0.2) is 53.6 Å². The molecule has 8 nitrogen and oxygen atoms in total. The van der Waals surface area contributed by atoms with E-state index >= 15 is 0 Å². The Morgan fingerprint density at radius 1 is 1.12 bits per heavy atom. The lowest BCUT2D eigenvalue weighted by molar-refractivity contribution is 0.0697. The van der Waals surface area contributed by atoms with Gasteiger partial charge in [-0.15, -0.1) is 0 Å². The van der Waals surface area contributed by atoms with Crippen LogP contribution in [0.5, 0.6) is 0 Å². The van der Waals surface area contributed by atoms with Gasteiger partial charge in [0, 0.05) is 17.3 Å². The number of rotatable bonds is 4. The number of anilines is 2. The second kappa shape index (κ2) is 5.87. The van der Waals surface area contributed by atoms with Crippen molar-refractivity contribution in [3.05, 3.63) is 54.2 Å². The van der Waals surface area contributed by atoms with Crippen molar-refractivity contribution >= 4 is 38.5 Å². The molecule has 0 aliphatic heterocycles. The maximum atomic E-state index is 11.2. The topological polar surface area (TPSA) is 135 Å². The largest absolute Gasteiger partial charge is 0.478 e. The molecule has 1 aromatic heterocycles. The van der Waals surface area contributed by atoms with E-state index in [9.17, 15) is 13.2 Å². The predicted molar refractivity (Wildman–Crippen MR) is 87.6 cm³/mol. The molecule has 24 heavy (non-hydrogen) atoms. The Kier molecular flexibility index (Phi) is 3.87. The SMILES string of the molecule is NS(=O)(=O)c1ccc(Nc2ncc3cc(C(=O)O)ccc3n2)cc1.